The fourth-order valence-corrected chi connectivity index (χ4v) is 1.98. The molecule has 1 rings (SSSR count). The molecule has 2 N–H and O–H groups in total. The summed E-state index contributed by atoms with van der Waals surface area (Å²) in [6, 6.07) is 7.85. The number of ether oxygens (including phenoxy) is 2. The zero-order valence-electron chi connectivity index (χ0n) is 11.7. The molecular weight excluding hydrogens is 226 g/mol. The van der Waals surface area contributed by atoms with Crippen LogP contribution in [-0.4, -0.2) is 18.8 Å². The molecule has 18 heavy (non-hydrogen) atoms. The van der Waals surface area contributed by atoms with Crippen LogP contribution in [0.4, 0.5) is 0 Å². The summed E-state index contributed by atoms with van der Waals surface area (Å²) in [6.45, 7) is 6.85. The van der Waals surface area contributed by atoms with Crippen LogP contribution in [0.5, 0.6) is 11.5 Å². The number of hydrogen-bond donors (Lipinski definition) is 1. The minimum Gasteiger partial charge on any atom is -0.490 e. The summed E-state index contributed by atoms with van der Waals surface area (Å²) in [6.07, 6.45) is 3.01. The average molecular weight is 251 g/mol. The molecule has 0 heterocycles. The van der Waals surface area contributed by atoms with Crippen LogP contribution in [0.1, 0.15) is 40.0 Å². The van der Waals surface area contributed by atoms with Gasteiger partial charge in [-0.1, -0.05) is 32.4 Å². The van der Waals surface area contributed by atoms with E-state index in [0.717, 1.165) is 30.8 Å². The second-order valence-electron chi connectivity index (χ2n) is 4.40. The van der Waals surface area contributed by atoms with Crippen molar-refractivity contribution in [2.45, 2.75) is 52.2 Å². The maximum absolute atomic E-state index is 6.15. The number of para-hydroxylation sites is 2. The molecule has 1 aromatic carbocycles. The lowest BCUT2D eigenvalue weighted by molar-refractivity contribution is 0.153. The smallest absolute Gasteiger partial charge is 0.161 e. The van der Waals surface area contributed by atoms with Gasteiger partial charge in [-0.2, -0.15) is 0 Å². The molecule has 1 aromatic rings. The SMILES string of the molecule is CCCC(N)C(CC)Oc1ccccc1OCC. The molecule has 2 atom stereocenters. The van der Waals surface area contributed by atoms with Crippen molar-refractivity contribution >= 4 is 0 Å². The van der Waals surface area contributed by atoms with Gasteiger partial charge in [-0.3, -0.25) is 0 Å². The first kappa shape index (κ1) is 14.8. The Balaban J connectivity index is 2.74. The van der Waals surface area contributed by atoms with Crippen molar-refractivity contribution in [3.05, 3.63) is 24.3 Å². The van der Waals surface area contributed by atoms with Crippen molar-refractivity contribution in [2.75, 3.05) is 6.61 Å². The Bertz CT molecular complexity index is 341. The van der Waals surface area contributed by atoms with E-state index in [1.54, 1.807) is 0 Å². The Kier molecular flexibility index (Phi) is 6.58. The second kappa shape index (κ2) is 7.98. The largest absolute Gasteiger partial charge is 0.490 e. The Morgan fingerprint density at radius 3 is 2.33 bits per heavy atom. The van der Waals surface area contributed by atoms with Crippen molar-refractivity contribution in [1.29, 1.82) is 0 Å². The first-order chi connectivity index (χ1) is 8.72. The summed E-state index contributed by atoms with van der Waals surface area (Å²) in [5, 5.41) is 0. The molecule has 0 radical (unpaired) electrons. The van der Waals surface area contributed by atoms with E-state index in [9.17, 15) is 0 Å². The number of benzene rings is 1. The van der Waals surface area contributed by atoms with Gasteiger partial charge in [0.05, 0.1) is 6.61 Å². The molecule has 3 heteroatoms. The van der Waals surface area contributed by atoms with E-state index in [-0.39, 0.29) is 12.1 Å². The Labute approximate surface area is 110 Å². The summed E-state index contributed by atoms with van der Waals surface area (Å²) >= 11 is 0. The molecule has 0 amide bonds. The highest BCUT2D eigenvalue weighted by molar-refractivity contribution is 5.39. The van der Waals surface area contributed by atoms with Crippen LogP contribution >= 0.6 is 0 Å². The van der Waals surface area contributed by atoms with Crippen LogP contribution in [-0.2, 0) is 0 Å². The highest BCUT2D eigenvalue weighted by atomic mass is 16.5. The lowest BCUT2D eigenvalue weighted by atomic mass is 10.0. The summed E-state index contributed by atoms with van der Waals surface area (Å²) < 4.78 is 11.6. The van der Waals surface area contributed by atoms with E-state index in [4.69, 9.17) is 15.2 Å². The highest BCUT2D eigenvalue weighted by Gasteiger charge is 2.18. The number of hydrogen-bond acceptors (Lipinski definition) is 3. The maximum atomic E-state index is 6.15. The number of rotatable bonds is 8. The van der Waals surface area contributed by atoms with Gasteiger partial charge in [-0.15, -0.1) is 0 Å². The van der Waals surface area contributed by atoms with Crippen LogP contribution in [0.15, 0.2) is 24.3 Å². The molecule has 0 saturated carbocycles. The van der Waals surface area contributed by atoms with Crippen molar-refractivity contribution in [2.24, 2.45) is 5.73 Å². The summed E-state index contributed by atoms with van der Waals surface area (Å²) in [5.74, 6) is 1.58. The maximum Gasteiger partial charge on any atom is 0.161 e. The first-order valence-corrected chi connectivity index (χ1v) is 6.86. The van der Waals surface area contributed by atoms with Crippen LogP contribution < -0.4 is 15.2 Å². The first-order valence-electron chi connectivity index (χ1n) is 6.86. The lowest BCUT2D eigenvalue weighted by Gasteiger charge is -2.24. The van der Waals surface area contributed by atoms with E-state index in [0.29, 0.717) is 6.61 Å². The van der Waals surface area contributed by atoms with E-state index in [1.807, 2.05) is 31.2 Å². The van der Waals surface area contributed by atoms with Crippen molar-refractivity contribution in [3.8, 4) is 11.5 Å². The van der Waals surface area contributed by atoms with Crippen LogP contribution in [0.3, 0.4) is 0 Å². The predicted octanol–water partition coefficient (Wildman–Crippen LogP) is 3.37. The predicted molar refractivity (Wildman–Crippen MR) is 75.2 cm³/mol. The van der Waals surface area contributed by atoms with E-state index in [1.165, 1.54) is 0 Å². The molecule has 2 unspecified atom stereocenters. The van der Waals surface area contributed by atoms with E-state index in [2.05, 4.69) is 13.8 Å². The van der Waals surface area contributed by atoms with Crippen molar-refractivity contribution < 1.29 is 9.47 Å². The molecule has 0 aliphatic heterocycles. The van der Waals surface area contributed by atoms with Gasteiger partial charge in [0.2, 0.25) is 0 Å². The van der Waals surface area contributed by atoms with Gasteiger partial charge >= 0.3 is 0 Å². The summed E-state index contributed by atoms with van der Waals surface area (Å²) in [5.41, 5.74) is 6.15. The molecule has 0 spiro atoms. The average Bonchev–Trinajstić information content (AvgIpc) is 2.38. The third-order valence-corrected chi connectivity index (χ3v) is 2.93. The normalized spacial score (nSPS) is 14.0. The van der Waals surface area contributed by atoms with Gasteiger partial charge in [0.15, 0.2) is 11.5 Å². The lowest BCUT2D eigenvalue weighted by Crippen LogP contribution is -2.38. The molecular formula is C15H25NO2. The fourth-order valence-electron chi connectivity index (χ4n) is 1.98. The third kappa shape index (κ3) is 4.22. The van der Waals surface area contributed by atoms with E-state index >= 15 is 0 Å². The quantitative estimate of drug-likeness (QED) is 0.770. The molecule has 0 aliphatic carbocycles. The molecule has 0 aromatic heterocycles. The van der Waals surface area contributed by atoms with Crippen LogP contribution in [0, 0.1) is 0 Å². The van der Waals surface area contributed by atoms with Gasteiger partial charge in [-0.25, -0.2) is 0 Å². The molecule has 102 valence electrons. The monoisotopic (exact) mass is 251 g/mol. The van der Waals surface area contributed by atoms with Crippen molar-refractivity contribution in [1.82, 2.24) is 0 Å². The minimum atomic E-state index is 0.0477. The zero-order valence-corrected chi connectivity index (χ0v) is 11.7. The topological polar surface area (TPSA) is 44.5 Å². The molecule has 0 saturated heterocycles. The summed E-state index contributed by atoms with van der Waals surface area (Å²) in [4.78, 5) is 0. The molecule has 0 fully saturated rings. The van der Waals surface area contributed by atoms with Crippen LogP contribution in [0.2, 0.25) is 0 Å². The second-order valence-corrected chi connectivity index (χ2v) is 4.40. The zero-order chi connectivity index (χ0) is 13.4. The molecule has 0 aliphatic rings. The third-order valence-electron chi connectivity index (χ3n) is 2.93. The van der Waals surface area contributed by atoms with E-state index < -0.39 is 0 Å². The fraction of sp³-hybridized carbons (Fsp3) is 0.600. The summed E-state index contributed by atoms with van der Waals surface area (Å²) in [7, 11) is 0. The van der Waals surface area contributed by atoms with Gasteiger partial charge in [0.1, 0.15) is 6.10 Å². The van der Waals surface area contributed by atoms with Gasteiger partial charge in [0.25, 0.3) is 0 Å². The standard InChI is InChI=1S/C15H25NO2/c1-4-9-12(16)13(5-2)18-15-11-8-7-10-14(15)17-6-3/h7-8,10-13H,4-6,9,16H2,1-3H3. The minimum absolute atomic E-state index is 0.0477. The van der Waals surface area contributed by atoms with Crippen molar-refractivity contribution in [3.63, 3.8) is 0 Å². The number of nitrogens with two attached hydrogens (primary N) is 1. The highest BCUT2D eigenvalue weighted by Crippen LogP contribution is 2.28. The molecule has 0 bridgehead atoms. The Morgan fingerprint density at radius 2 is 1.78 bits per heavy atom. The Morgan fingerprint density at radius 1 is 1.11 bits per heavy atom. The van der Waals surface area contributed by atoms with Crippen LogP contribution in [0.25, 0.3) is 0 Å². The Hall–Kier alpha value is -1.22. The van der Waals surface area contributed by atoms with Gasteiger partial charge < -0.3 is 15.2 Å². The van der Waals surface area contributed by atoms with Gasteiger partial charge in [-0.05, 0) is 31.9 Å². The van der Waals surface area contributed by atoms with Gasteiger partial charge in [0, 0.05) is 6.04 Å². The molecule has 3 nitrogen and oxygen atoms in total.